The van der Waals surface area contributed by atoms with Crippen LogP contribution in [-0.2, 0) is 0 Å². The maximum absolute atomic E-state index is 5.87. The second kappa shape index (κ2) is 4.84. The Hall–Kier alpha value is -1.78. The van der Waals surface area contributed by atoms with Crippen LogP contribution in [0.3, 0.4) is 0 Å². The quantitative estimate of drug-likeness (QED) is 0.842. The van der Waals surface area contributed by atoms with Gasteiger partial charge in [0.05, 0.1) is 11.4 Å². The number of nitrogens with zero attached hydrogens (tertiary/aromatic N) is 3. The zero-order valence-corrected chi connectivity index (χ0v) is 11.3. The second-order valence-corrected chi connectivity index (χ2v) is 5.28. The van der Waals surface area contributed by atoms with E-state index in [1.807, 2.05) is 12.1 Å². The first-order valence-corrected chi connectivity index (χ1v) is 6.28. The second-order valence-electron chi connectivity index (χ2n) is 5.28. The molecule has 1 aromatic carbocycles. The molecule has 0 aliphatic carbocycles. The summed E-state index contributed by atoms with van der Waals surface area (Å²) in [7, 11) is 0. The van der Waals surface area contributed by atoms with E-state index in [1.165, 1.54) is 0 Å². The zero-order valence-electron chi connectivity index (χ0n) is 11.3. The molecule has 5 nitrogen and oxygen atoms in total. The van der Waals surface area contributed by atoms with Crippen molar-refractivity contribution in [3.8, 4) is 0 Å². The summed E-state index contributed by atoms with van der Waals surface area (Å²) in [5.74, 6) is 0.569. The van der Waals surface area contributed by atoms with E-state index in [-0.39, 0.29) is 0 Å². The Balaban J connectivity index is 2.50. The normalized spacial score (nSPS) is 11.7. The average Bonchev–Trinajstić information content (AvgIpc) is 2.76. The van der Waals surface area contributed by atoms with Crippen LogP contribution in [0.25, 0.3) is 11.0 Å². The Bertz CT molecular complexity index is 533. The molecule has 0 bridgehead atoms. The van der Waals surface area contributed by atoms with E-state index in [0.29, 0.717) is 23.2 Å². The topological polar surface area (TPSA) is 68.2 Å². The van der Waals surface area contributed by atoms with Crippen molar-refractivity contribution in [2.24, 2.45) is 5.92 Å². The zero-order chi connectivity index (χ0) is 13.3. The van der Waals surface area contributed by atoms with Crippen LogP contribution in [0.5, 0.6) is 0 Å². The molecule has 2 N–H and O–H groups in total. The van der Waals surface area contributed by atoms with Gasteiger partial charge in [-0.1, -0.05) is 13.8 Å². The molecular weight excluding hydrogens is 228 g/mol. The minimum absolute atomic E-state index is 0.385. The van der Waals surface area contributed by atoms with Crippen molar-refractivity contribution in [1.29, 1.82) is 0 Å². The summed E-state index contributed by atoms with van der Waals surface area (Å²) in [5.41, 5.74) is 8.88. The third-order valence-electron chi connectivity index (χ3n) is 2.92. The maximum atomic E-state index is 5.87. The van der Waals surface area contributed by atoms with Crippen LogP contribution in [-0.4, -0.2) is 22.9 Å². The van der Waals surface area contributed by atoms with E-state index >= 15 is 0 Å². The van der Waals surface area contributed by atoms with Crippen LogP contribution >= 0.6 is 0 Å². The smallest absolute Gasteiger partial charge is 0.160 e. The highest BCUT2D eigenvalue weighted by Crippen LogP contribution is 2.30. The van der Waals surface area contributed by atoms with Gasteiger partial charge in [-0.05, 0) is 42.2 Å². The van der Waals surface area contributed by atoms with Gasteiger partial charge in [0.25, 0.3) is 0 Å². The van der Waals surface area contributed by atoms with Gasteiger partial charge in [-0.3, -0.25) is 0 Å². The predicted molar refractivity (Wildman–Crippen MR) is 73.5 cm³/mol. The van der Waals surface area contributed by atoms with Crippen LogP contribution < -0.4 is 10.6 Å². The lowest BCUT2D eigenvalue weighted by Crippen LogP contribution is -2.34. The average molecular weight is 248 g/mol. The molecule has 0 radical (unpaired) electrons. The SMILES string of the molecule is CC(C)CN(c1ccc(N)c2nonc12)C(C)C. The molecule has 2 aromatic rings. The van der Waals surface area contributed by atoms with E-state index in [0.717, 1.165) is 17.7 Å². The Morgan fingerprint density at radius 2 is 1.83 bits per heavy atom. The standard InChI is InChI=1S/C13H20N4O/c1-8(2)7-17(9(3)4)11-6-5-10(14)12-13(11)16-18-15-12/h5-6,8-9H,7,14H2,1-4H3. The van der Waals surface area contributed by atoms with Gasteiger partial charge in [0, 0.05) is 12.6 Å². The molecule has 0 atom stereocenters. The Kier molecular flexibility index (Phi) is 3.41. The van der Waals surface area contributed by atoms with Crippen molar-refractivity contribution in [3.05, 3.63) is 12.1 Å². The van der Waals surface area contributed by atoms with Crippen molar-refractivity contribution < 1.29 is 4.63 Å². The molecule has 0 saturated heterocycles. The molecule has 18 heavy (non-hydrogen) atoms. The van der Waals surface area contributed by atoms with Gasteiger partial charge in [-0.25, -0.2) is 4.63 Å². The van der Waals surface area contributed by atoms with Crippen LogP contribution in [0, 0.1) is 5.92 Å². The van der Waals surface area contributed by atoms with E-state index in [2.05, 4.69) is 42.9 Å². The summed E-state index contributed by atoms with van der Waals surface area (Å²) >= 11 is 0. The number of anilines is 2. The molecule has 1 aromatic heterocycles. The minimum Gasteiger partial charge on any atom is -0.397 e. The fourth-order valence-corrected chi connectivity index (χ4v) is 2.09. The molecule has 2 rings (SSSR count). The molecule has 0 unspecified atom stereocenters. The summed E-state index contributed by atoms with van der Waals surface area (Å²) in [6.07, 6.45) is 0. The lowest BCUT2D eigenvalue weighted by Gasteiger charge is -2.30. The fraction of sp³-hybridized carbons (Fsp3) is 0.538. The van der Waals surface area contributed by atoms with Crippen LogP contribution in [0.2, 0.25) is 0 Å². The summed E-state index contributed by atoms with van der Waals surface area (Å²) in [6, 6.07) is 4.23. The van der Waals surface area contributed by atoms with E-state index in [4.69, 9.17) is 10.4 Å². The van der Waals surface area contributed by atoms with Crippen molar-refractivity contribution >= 4 is 22.4 Å². The van der Waals surface area contributed by atoms with Gasteiger partial charge in [-0.15, -0.1) is 0 Å². The lowest BCUT2D eigenvalue weighted by atomic mass is 10.1. The fourth-order valence-electron chi connectivity index (χ4n) is 2.09. The number of hydrogen-bond acceptors (Lipinski definition) is 5. The highest BCUT2D eigenvalue weighted by atomic mass is 16.6. The van der Waals surface area contributed by atoms with Gasteiger partial charge >= 0.3 is 0 Å². The molecule has 0 aliphatic rings. The van der Waals surface area contributed by atoms with Crippen LogP contribution in [0.1, 0.15) is 27.7 Å². The summed E-state index contributed by atoms with van der Waals surface area (Å²) in [5, 5.41) is 7.84. The van der Waals surface area contributed by atoms with Crippen molar-refractivity contribution in [2.75, 3.05) is 17.2 Å². The van der Waals surface area contributed by atoms with Gasteiger partial charge < -0.3 is 10.6 Å². The number of nitrogens with two attached hydrogens (primary N) is 1. The van der Waals surface area contributed by atoms with Crippen molar-refractivity contribution in [3.63, 3.8) is 0 Å². The predicted octanol–water partition coefficient (Wildman–Crippen LogP) is 2.68. The first-order valence-electron chi connectivity index (χ1n) is 6.28. The van der Waals surface area contributed by atoms with E-state index in [9.17, 15) is 0 Å². The number of benzene rings is 1. The third kappa shape index (κ3) is 2.25. The van der Waals surface area contributed by atoms with E-state index < -0.39 is 0 Å². The Labute approximate surface area is 107 Å². The lowest BCUT2D eigenvalue weighted by molar-refractivity contribution is 0.315. The summed E-state index contributed by atoms with van der Waals surface area (Å²) in [6.45, 7) is 9.69. The molecular formula is C13H20N4O. The van der Waals surface area contributed by atoms with Gasteiger partial charge in [0.1, 0.15) is 0 Å². The highest BCUT2D eigenvalue weighted by molar-refractivity contribution is 5.95. The van der Waals surface area contributed by atoms with E-state index in [1.54, 1.807) is 0 Å². The van der Waals surface area contributed by atoms with Crippen LogP contribution in [0.15, 0.2) is 16.8 Å². The highest BCUT2D eigenvalue weighted by Gasteiger charge is 2.18. The molecule has 98 valence electrons. The number of rotatable bonds is 4. The summed E-state index contributed by atoms with van der Waals surface area (Å²) in [4.78, 5) is 2.30. The first-order chi connectivity index (χ1) is 8.50. The molecule has 0 spiro atoms. The molecule has 0 amide bonds. The minimum atomic E-state index is 0.385. The number of aromatic nitrogens is 2. The van der Waals surface area contributed by atoms with Crippen molar-refractivity contribution in [1.82, 2.24) is 10.3 Å². The van der Waals surface area contributed by atoms with Crippen molar-refractivity contribution in [2.45, 2.75) is 33.7 Å². The number of nitrogen functional groups attached to an aromatic ring is 1. The molecule has 0 saturated carbocycles. The Morgan fingerprint density at radius 3 is 2.44 bits per heavy atom. The van der Waals surface area contributed by atoms with Gasteiger partial charge in [0.15, 0.2) is 11.0 Å². The molecule has 0 fully saturated rings. The van der Waals surface area contributed by atoms with Gasteiger partial charge in [-0.2, -0.15) is 0 Å². The number of fused-ring (bicyclic) bond motifs is 1. The molecule has 5 heteroatoms. The summed E-state index contributed by atoms with van der Waals surface area (Å²) < 4.78 is 4.81. The molecule has 0 aliphatic heterocycles. The Morgan fingerprint density at radius 1 is 1.17 bits per heavy atom. The number of hydrogen-bond donors (Lipinski definition) is 1. The largest absolute Gasteiger partial charge is 0.397 e. The first kappa shape index (κ1) is 12.7. The van der Waals surface area contributed by atoms with Gasteiger partial charge in [0.2, 0.25) is 0 Å². The van der Waals surface area contributed by atoms with Crippen LogP contribution in [0.4, 0.5) is 11.4 Å². The molecule has 1 heterocycles. The maximum Gasteiger partial charge on any atom is 0.160 e. The third-order valence-corrected chi connectivity index (χ3v) is 2.92. The monoisotopic (exact) mass is 248 g/mol.